The van der Waals surface area contributed by atoms with Gasteiger partial charge in [0.05, 0.1) is 0 Å². The van der Waals surface area contributed by atoms with Crippen molar-refractivity contribution in [1.82, 2.24) is 10.6 Å². The first-order chi connectivity index (χ1) is 11.1. The van der Waals surface area contributed by atoms with Crippen molar-refractivity contribution in [3.05, 3.63) is 48.0 Å². The van der Waals surface area contributed by atoms with Gasteiger partial charge in [0.15, 0.2) is 0 Å². The van der Waals surface area contributed by atoms with E-state index >= 15 is 0 Å². The van der Waals surface area contributed by atoms with Crippen LogP contribution >= 0.6 is 0 Å². The summed E-state index contributed by atoms with van der Waals surface area (Å²) in [4.78, 5) is 22.6. The molecule has 4 nitrogen and oxygen atoms in total. The molecule has 0 atom stereocenters. The number of carbonyl (C=O) groups is 2. The van der Waals surface area contributed by atoms with E-state index in [1.165, 1.54) is 17.7 Å². The topological polar surface area (TPSA) is 58.2 Å². The minimum absolute atomic E-state index is 0.00173. The average Bonchev–Trinajstić information content (AvgIpc) is 2.55. The largest absolute Gasteiger partial charge is 0.356 e. The van der Waals surface area contributed by atoms with E-state index in [4.69, 9.17) is 0 Å². The summed E-state index contributed by atoms with van der Waals surface area (Å²) in [7, 11) is 0. The number of amides is 2. The fraction of sp³-hybridized carbons (Fsp3) is 0.368. The number of rotatable bonds is 8. The molecule has 0 spiro atoms. The highest BCUT2D eigenvalue weighted by atomic mass is 16.2. The van der Waals surface area contributed by atoms with Crippen molar-refractivity contribution in [3.63, 3.8) is 0 Å². The number of benzene rings is 2. The van der Waals surface area contributed by atoms with Crippen LogP contribution in [-0.2, 0) is 16.1 Å². The predicted octanol–water partition coefficient (Wildman–Crippen LogP) is 3.15. The molecule has 0 saturated heterocycles. The molecule has 0 heterocycles. The van der Waals surface area contributed by atoms with Gasteiger partial charge in [-0.15, -0.1) is 0 Å². The van der Waals surface area contributed by atoms with Crippen molar-refractivity contribution in [2.24, 2.45) is 0 Å². The Hall–Kier alpha value is -2.36. The Morgan fingerprint density at radius 1 is 0.913 bits per heavy atom. The van der Waals surface area contributed by atoms with Crippen LogP contribution in [-0.4, -0.2) is 18.4 Å². The van der Waals surface area contributed by atoms with Gasteiger partial charge in [-0.1, -0.05) is 42.8 Å². The number of nitrogens with one attached hydrogen (secondary N) is 2. The number of carbonyl (C=O) groups excluding carboxylic acids is 2. The van der Waals surface area contributed by atoms with Crippen LogP contribution in [0.4, 0.5) is 0 Å². The number of fused-ring (bicyclic) bond motifs is 1. The third-order valence-corrected chi connectivity index (χ3v) is 3.76. The molecule has 2 N–H and O–H groups in total. The molecule has 122 valence electrons. The molecular formula is C19H24N2O2. The Balaban J connectivity index is 1.66. The van der Waals surface area contributed by atoms with Crippen molar-refractivity contribution in [2.75, 3.05) is 6.54 Å². The van der Waals surface area contributed by atoms with E-state index in [2.05, 4.69) is 41.0 Å². The molecule has 2 amide bonds. The molecule has 0 radical (unpaired) electrons. The van der Waals surface area contributed by atoms with Crippen LogP contribution in [0, 0.1) is 0 Å². The first-order valence-corrected chi connectivity index (χ1v) is 8.14. The molecule has 0 aromatic heterocycles. The fourth-order valence-corrected chi connectivity index (χ4v) is 2.49. The van der Waals surface area contributed by atoms with Gasteiger partial charge in [-0.05, 0) is 35.2 Å². The third-order valence-electron chi connectivity index (χ3n) is 3.76. The number of unbranched alkanes of at least 4 members (excludes halogenated alkanes) is 2. The van der Waals surface area contributed by atoms with Crippen molar-refractivity contribution < 1.29 is 9.59 Å². The molecule has 0 aliphatic carbocycles. The summed E-state index contributed by atoms with van der Waals surface area (Å²) in [5.41, 5.74) is 1.11. The molecule has 0 aliphatic rings. The molecule has 0 bridgehead atoms. The van der Waals surface area contributed by atoms with Gasteiger partial charge in [0.1, 0.15) is 0 Å². The highest BCUT2D eigenvalue weighted by Crippen LogP contribution is 2.15. The second kappa shape index (κ2) is 8.93. The van der Waals surface area contributed by atoms with Gasteiger partial charge in [-0.2, -0.15) is 0 Å². The summed E-state index contributed by atoms with van der Waals surface area (Å²) in [6.45, 7) is 2.77. The first kappa shape index (κ1) is 17.0. The van der Waals surface area contributed by atoms with Crippen molar-refractivity contribution in [1.29, 1.82) is 0 Å². The highest BCUT2D eigenvalue weighted by molar-refractivity contribution is 5.83. The molecular weight excluding hydrogens is 288 g/mol. The zero-order chi connectivity index (χ0) is 16.5. The van der Waals surface area contributed by atoms with Crippen LogP contribution in [0.5, 0.6) is 0 Å². The van der Waals surface area contributed by atoms with E-state index in [1.807, 2.05) is 12.1 Å². The summed E-state index contributed by atoms with van der Waals surface area (Å²) in [5.74, 6) is 0.0795. The van der Waals surface area contributed by atoms with Crippen LogP contribution in [0.15, 0.2) is 42.5 Å². The van der Waals surface area contributed by atoms with Gasteiger partial charge < -0.3 is 10.6 Å². The lowest BCUT2D eigenvalue weighted by Gasteiger charge is -2.07. The smallest absolute Gasteiger partial charge is 0.220 e. The Kier molecular flexibility index (Phi) is 6.60. The lowest BCUT2D eigenvalue weighted by atomic mass is 10.1. The summed E-state index contributed by atoms with van der Waals surface area (Å²) in [6, 6.07) is 14.5. The number of hydrogen-bond acceptors (Lipinski definition) is 2. The van der Waals surface area contributed by atoms with E-state index < -0.39 is 0 Å². The molecule has 2 aromatic rings. The standard InChI is InChI=1S/C19H24N2O2/c1-15(22)20-12-6-2-3-9-19(23)21-14-16-10-11-17-7-4-5-8-18(17)13-16/h4-5,7-8,10-11,13H,2-3,6,9,12,14H2,1H3,(H,20,22)(H,21,23). The highest BCUT2D eigenvalue weighted by Gasteiger charge is 2.02. The molecule has 2 aromatic carbocycles. The van der Waals surface area contributed by atoms with Crippen LogP contribution in [0.25, 0.3) is 10.8 Å². The zero-order valence-electron chi connectivity index (χ0n) is 13.6. The average molecular weight is 312 g/mol. The van der Waals surface area contributed by atoms with E-state index in [-0.39, 0.29) is 11.8 Å². The lowest BCUT2D eigenvalue weighted by molar-refractivity contribution is -0.121. The van der Waals surface area contributed by atoms with E-state index in [1.54, 1.807) is 0 Å². The van der Waals surface area contributed by atoms with E-state index in [9.17, 15) is 9.59 Å². The Morgan fingerprint density at radius 3 is 2.48 bits per heavy atom. The fourth-order valence-electron chi connectivity index (χ4n) is 2.49. The summed E-state index contributed by atoms with van der Waals surface area (Å²) < 4.78 is 0. The molecule has 4 heteroatoms. The van der Waals surface area contributed by atoms with Crippen molar-refractivity contribution in [2.45, 2.75) is 39.2 Å². The maximum absolute atomic E-state index is 11.8. The van der Waals surface area contributed by atoms with Gasteiger partial charge in [0, 0.05) is 26.4 Å². The second-order valence-electron chi connectivity index (χ2n) is 5.75. The maximum Gasteiger partial charge on any atom is 0.220 e. The van der Waals surface area contributed by atoms with Gasteiger partial charge >= 0.3 is 0 Å². The van der Waals surface area contributed by atoms with Gasteiger partial charge in [-0.25, -0.2) is 0 Å². The van der Waals surface area contributed by atoms with E-state index in [0.717, 1.165) is 24.8 Å². The van der Waals surface area contributed by atoms with E-state index in [0.29, 0.717) is 19.5 Å². The molecule has 2 rings (SSSR count). The second-order valence-corrected chi connectivity index (χ2v) is 5.75. The predicted molar refractivity (Wildman–Crippen MR) is 92.9 cm³/mol. The Morgan fingerprint density at radius 2 is 1.70 bits per heavy atom. The quantitative estimate of drug-likeness (QED) is 0.736. The molecule has 23 heavy (non-hydrogen) atoms. The van der Waals surface area contributed by atoms with Crippen molar-refractivity contribution in [3.8, 4) is 0 Å². The Bertz CT molecular complexity index is 667. The van der Waals surface area contributed by atoms with Gasteiger partial charge in [-0.3, -0.25) is 9.59 Å². The Labute approximate surface area is 137 Å². The van der Waals surface area contributed by atoms with Gasteiger partial charge in [0.25, 0.3) is 0 Å². The number of hydrogen-bond donors (Lipinski definition) is 2. The molecule has 0 aliphatic heterocycles. The van der Waals surface area contributed by atoms with Crippen LogP contribution in [0.2, 0.25) is 0 Å². The summed E-state index contributed by atoms with van der Waals surface area (Å²) >= 11 is 0. The summed E-state index contributed by atoms with van der Waals surface area (Å²) in [5, 5.41) is 8.12. The minimum atomic E-state index is -0.00173. The van der Waals surface area contributed by atoms with Gasteiger partial charge in [0.2, 0.25) is 11.8 Å². The zero-order valence-corrected chi connectivity index (χ0v) is 13.6. The molecule has 0 unspecified atom stereocenters. The summed E-state index contributed by atoms with van der Waals surface area (Å²) in [6.07, 6.45) is 3.25. The first-order valence-electron chi connectivity index (χ1n) is 8.14. The molecule has 0 saturated carbocycles. The van der Waals surface area contributed by atoms with Crippen LogP contribution in [0.1, 0.15) is 38.2 Å². The molecule has 0 fully saturated rings. The SMILES string of the molecule is CC(=O)NCCCCCC(=O)NCc1ccc2ccccc2c1. The van der Waals surface area contributed by atoms with Crippen molar-refractivity contribution >= 4 is 22.6 Å². The van der Waals surface area contributed by atoms with Crippen LogP contribution in [0.3, 0.4) is 0 Å². The lowest BCUT2D eigenvalue weighted by Crippen LogP contribution is -2.23. The minimum Gasteiger partial charge on any atom is -0.356 e. The normalized spacial score (nSPS) is 10.5. The maximum atomic E-state index is 11.8. The monoisotopic (exact) mass is 312 g/mol. The third kappa shape index (κ3) is 6.10. The van der Waals surface area contributed by atoms with Crippen LogP contribution < -0.4 is 10.6 Å².